The van der Waals surface area contributed by atoms with Crippen molar-refractivity contribution in [2.45, 2.75) is 45.7 Å². The highest BCUT2D eigenvalue weighted by atomic mass is 32.2. The van der Waals surface area contributed by atoms with Crippen LogP contribution in [0.3, 0.4) is 0 Å². The Morgan fingerprint density at radius 1 is 1.24 bits per heavy atom. The van der Waals surface area contributed by atoms with E-state index in [2.05, 4.69) is 52.8 Å². The van der Waals surface area contributed by atoms with Crippen LogP contribution in [0.4, 0.5) is 0 Å². The molecule has 1 aliphatic heterocycles. The maximum absolute atomic E-state index is 11.8. The third-order valence-corrected chi connectivity index (χ3v) is 7.18. The average molecular weight is 424 g/mol. The molecule has 1 unspecified atom stereocenters. The predicted molar refractivity (Wildman–Crippen MR) is 121 cm³/mol. The fourth-order valence-corrected chi connectivity index (χ4v) is 4.38. The van der Waals surface area contributed by atoms with Crippen molar-refractivity contribution in [1.29, 1.82) is 0 Å². The molecule has 7 nitrogen and oxygen atoms in total. The lowest BCUT2D eigenvalue weighted by atomic mass is 10.2. The Kier molecular flexibility index (Phi) is 9.90. The number of nitrogens with one attached hydrogen (secondary N) is 2. The second kappa shape index (κ2) is 12.1. The molecule has 0 saturated carbocycles. The van der Waals surface area contributed by atoms with Gasteiger partial charge in [0.15, 0.2) is 5.96 Å². The van der Waals surface area contributed by atoms with Crippen molar-refractivity contribution in [3.63, 3.8) is 0 Å². The summed E-state index contributed by atoms with van der Waals surface area (Å²) in [5.41, 5.74) is 1.35. The molecule has 0 amide bonds. The molecule has 1 atom stereocenters. The summed E-state index contributed by atoms with van der Waals surface area (Å²) in [6.45, 7) is 8.59. The number of guanidine groups is 1. The van der Waals surface area contributed by atoms with Crippen molar-refractivity contribution in [3.8, 4) is 0 Å². The second-order valence-electron chi connectivity index (χ2n) is 7.47. The first kappa shape index (κ1) is 23.6. The molecule has 29 heavy (non-hydrogen) atoms. The van der Waals surface area contributed by atoms with Crippen molar-refractivity contribution >= 4 is 16.0 Å². The number of hydrogen-bond donors (Lipinski definition) is 2. The van der Waals surface area contributed by atoms with Crippen LogP contribution in [0, 0.1) is 0 Å². The number of hydrogen-bond acceptors (Lipinski definition) is 4. The van der Waals surface area contributed by atoms with Gasteiger partial charge in [0.1, 0.15) is 0 Å². The van der Waals surface area contributed by atoms with Crippen LogP contribution in [-0.4, -0.2) is 75.1 Å². The van der Waals surface area contributed by atoms with Gasteiger partial charge in [-0.2, -0.15) is 0 Å². The van der Waals surface area contributed by atoms with Gasteiger partial charge in [0.25, 0.3) is 0 Å². The highest BCUT2D eigenvalue weighted by Gasteiger charge is 2.24. The van der Waals surface area contributed by atoms with Crippen LogP contribution in [0.2, 0.25) is 0 Å². The maximum Gasteiger partial charge on any atom is 0.213 e. The summed E-state index contributed by atoms with van der Waals surface area (Å²) in [5.74, 6) is 0.946. The van der Waals surface area contributed by atoms with Crippen molar-refractivity contribution < 1.29 is 8.42 Å². The van der Waals surface area contributed by atoms with Crippen molar-refractivity contribution in [1.82, 2.24) is 19.8 Å². The predicted octanol–water partition coefficient (Wildman–Crippen LogP) is 1.88. The summed E-state index contributed by atoms with van der Waals surface area (Å²) in [6.07, 6.45) is 3.13. The number of benzene rings is 1. The number of likely N-dealkylation sites (tertiary alicyclic amines) is 1. The summed E-state index contributed by atoms with van der Waals surface area (Å²) < 4.78 is 25.0. The van der Waals surface area contributed by atoms with Crippen LogP contribution in [-0.2, 0) is 16.6 Å². The van der Waals surface area contributed by atoms with Gasteiger partial charge in [-0.05, 0) is 45.2 Å². The number of aliphatic imine (C=N–C) groups is 1. The molecular weight excluding hydrogens is 386 g/mol. The summed E-state index contributed by atoms with van der Waals surface area (Å²) in [4.78, 5) is 7.31. The van der Waals surface area contributed by atoms with Gasteiger partial charge < -0.3 is 10.6 Å². The molecule has 2 rings (SSSR count). The van der Waals surface area contributed by atoms with Gasteiger partial charge in [-0.3, -0.25) is 9.89 Å². The molecule has 1 aromatic rings. The Morgan fingerprint density at radius 3 is 2.69 bits per heavy atom. The lowest BCUT2D eigenvalue weighted by Crippen LogP contribution is -2.40. The van der Waals surface area contributed by atoms with Crippen molar-refractivity contribution in [2.24, 2.45) is 4.99 Å². The van der Waals surface area contributed by atoms with E-state index in [1.165, 1.54) is 22.7 Å². The van der Waals surface area contributed by atoms with E-state index < -0.39 is 10.0 Å². The fourth-order valence-electron chi connectivity index (χ4n) is 3.53. The zero-order valence-electron chi connectivity index (χ0n) is 18.1. The average Bonchev–Trinajstić information content (AvgIpc) is 3.16. The molecule has 0 spiro atoms. The van der Waals surface area contributed by atoms with E-state index in [4.69, 9.17) is 4.99 Å². The van der Waals surface area contributed by atoms with Gasteiger partial charge in [-0.25, -0.2) is 12.7 Å². The van der Waals surface area contributed by atoms with Gasteiger partial charge in [-0.15, -0.1) is 0 Å². The van der Waals surface area contributed by atoms with Crippen LogP contribution >= 0.6 is 0 Å². The van der Waals surface area contributed by atoms with E-state index >= 15 is 0 Å². The second-order valence-corrected chi connectivity index (χ2v) is 9.84. The molecule has 1 fully saturated rings. The largest absolute Gasteiger partial charge is 0.357 e. The molecular formula is C21H37N5O2S. The van der Waals surface area contributed by atoms with Gasteiger partial charge in [-0.1, -0.05) is 30.3 Å². The quantitative estimate of drug-likeness (QED) is 0.323. The summed E-state index contributed by atoms with van der Waals surface area (Å²) >= 11 is 0. The molecule has 1 aromatic carbocycles. The number of rotatable bonds is 11. The first-order valence-corrected chi connectivity index (χ1v) is 12.3. The van der Waals surface area contributed by atoms with E-state index in [-0.39, 0.29) is 5.75 Å². The minimum atomic E-state index is -3.11. The van der Waals surface area contributed by atoms with Crippen LogP contribution < -0.4 is 10.6 Å². The molecule has 0 aliphatic carbocycles. The first-order chi connectivity index (χ1) is 14.0. The molecule has 1 saturated heterocycles. The SMILES string of the molecule is CCNC(=NCC1CCCN1Cc1ccccc1)NCCCN(C)S(=O)(=O)CC. The lowest BCUT2D eigenvalue weighted by molar-refractivity contribution is 0.250. The maximum atomic E-state index is 11.8. The lowest BCUT2D eigenvalue weighted by Gasteiger charge is -2.23. The minimum Gasteiger partial charge on any atom is -0.357 e. The van der Waals surface area contributed by atoms with E-state index in [1.807, 2.05) is 0 Å². The van der Waals surface area contributed by atoms with Crippen LogP contribution in [0.1, 0.15) is 38.7 Å². The smallest absolute Gasteiger partial charge is 0.213 e. The molecule has 8 heteroatoms. The molecule has 2 N–H and O–H groups in total. The zero-order valence-corrected chi connectivity index (χ0v) is 18.9. The Hall–Kier alpha value is -1.64. The highest BCUT2D eigenvalue weighted by molar-refractivity contribution is 7.89. The molecule has 0 aromatic heterocycles. The summed E-state index contributed by atoms with van der Waals surface area (Å²) in [6, 6.07) is 11.1. The normalized spacial score (nSPS) is 18.3. The fraction of sp³-hybridized carbons (Fsp3) is 0.667. The summed E-state index contributed by atoms with van der Waals surface area (Å²) in [5, 5.41) is 6.62. The van der Waals surface area contributed by atoms with Gasteiger partial charge in [0, 0.05) is 39.3 Å². The number of sulfonamides is 1. The Labute approximate surface area is 176 Å². The molecule has 0 radical (unpaired) electrons. The van der Waals surface area contributed by atoms with Crippen LogP contribution in [0.15, 0.2) is 35.3 Å². The standard InChI is InChI=1S/C21H37N5O2S/c1-4-22-21(23-14-10-15-25(3)29(27,28)5-2)24-17-20-13-9-16-26(20)18-19-11-7-6-8-12-19/h6-8,11-12,20H,4-5,9-10,13-18H2,1-3H3,(H2,22,23,24). The van der Waals surface area contributed by atoms with Crippen molar-refractivity contribution in [2.75, 3.05) is 45.5 Å². The monoisotopic (exact) mass is 423 g/mol. The van der Waals surface area contributed by atoms with Gasteiger partial charge >= 0.3 is 0 Å². The third kappa shape index (κ3) is 7.95. The topological polar surface area (TPSA) is 77.0 Å². The summed E-state index contributed by atoms with van der Waals surface area (Å²) in [7, 11) is -1.47. The molecule has 0 bridgehead atoms. The molecule has 1 heterocycles. The number of nitrogens with zero attached hydrogens (tertiary/aromatic N) is 3. The zero-order chi connectivity index (χ0) is 21.1. The Morgan fingerprint density at radius 2 is 2.00 bits per heavy atom. The first-order valence-electron chi connectivity index (χ1n) is 10.7. The van der Waals surface area contributed by atoms with Gasteiger partial charge in [0.05, 0.1) is 12.3 Å². The van der Waals surface area contributed by atoms with Crippen molar-refractivity contribution in [3.05, 3.63) is 35.9 Å². The molecule has 1 aliphatic rings. The third-order valence-electron chi connectivity index (χ3n) is 5.31. The Bertz CT molecular complexity index is 724. The highest BCUT2D eigenvalue weighted by Crippen LogP contribution is 2.20. The van der Waals surface area contributed by atoms with E-state index in [1.54, 1.807) is 14.0 Å². The Balaban J connectivity index is 1.81. The minimum absolute atomic E-state index is 0.141. The van der Waals surface area contributed by atoms with E-state index in [0.29, 0.717) is 19.1 Å². The van der Waals surface area contributed by atoms with Gasteiger partial charge in [0.2, 0.25) is 10.0 Å². The van der Waals surface area contributed by atoms with Crippen LogP contribution in [0.25, 0.3) is 0 Å². The van der Waals surface area contributed by atoms with E-state index in [0.717, 1.165) is 38.6 Å². The molecule has 164 valence electrons. The van der Waals surface area contributed by atoms with E-state index in [9.17, 15) is 8.42 Å². The van der Waals surface area contributed by atoms with Crippen LogP contribution in [0.5, 0.6) is 0 Å².